The summed E-state index contributed by atoms with van der Waals surface area (Å²) in [7, 11) is -8.31. The summed E-state index contributed by atoms with van der Waals surface area (Å²) in [6.07, 6.45) is 6.26. The molecule has 0 saturated heterocycles. The topological polar surface area (TPSA) is 109 Å². The van der Waals surface area contributed by atoms with Crippen LogP contribution in [0, 0.1) is 17.5 Å². The smallest absolute Gasteiger partial charge is 0.206 e. The van der Waals surface area contributed by atoms with Crippen LogP contribution in [0.25, 0.3) is 24.3 Å². The summed E-state index contributed by atoms with van der Waals surface area (Å²) in [6, 6.07) is 33.3. The van der Waals surface area contributed by atoms with E-state index in [1.165, 1.54) is 105 Å². The molecule has 6 aromatic carbocycles. The summed E-state index contributed by atoms with van der Waals surface area (Å²) in [5.41, 5.74) is -1.16. The zero-order valence-electron chi connectivity index (χ0n) is 31.0. The second kappa shape index (κ2) is 16.5. The van der Waals surface area contributed by atoms with Gasteiger partial charge in [0.2, 0.25) is 19.7 Å². The molecule has 0 fully saturated rings. The number of hydrogen-bond donors (Lipinski definition) is 2. The first-order chi connectivity index (χ1) is 27.0. The Kier molecular flexibility index (Phi) is 11.9. The van der Waals surface area contributed by atoms with Gasteiger partial charge in [0.15, 0.2) is 0 Å². The summed E-state index contributed by atoms with van der Waals surface area (Å²) >= 11 is 0. The molecular formula is C46H39F3O6S2. The highest BCUT2D eigenvalue weighted by atomic mass is 32.2. The van der Waals surface area contributed by atoms with Gasteiger partial charge in [0.25, 0.3) is 0 Å². The molecule has 0 aromatic heterocycles. The largest absolute Gasteiger partial charge is 0.385 e. The molecule has 57 heavy (non-hydrogen) atoms. The van der Waals surface area contributed by atoms with Crippen molar-refractivity contribution in [3.8, 4) is 0 Å². The van der Waals surface area contributed by atoms with Gasteiger partial charge in [-0.15, -0.1) is 0 Å². The zero-order valence-corrected chi connectivity index (χ0v) is 32.6. The third-order valence-electron chi connectivity index (χ3n) is 9.75. The summed E-state index contributed by atoms with van der Waals surface area (Å²) in [4.78, 5) is -0.320. The fraction of sp³-hybridized carbons (Fsp3) is 0.130. The van der Waals surface area contributed by atoms with Crippen LogP contribution in [0.5, 0.6) is 0 Å². The fourth-order valence-corrected chi connectivity index (χ4v) is 9.57. The molecule has 0 aliphatic carbocycles. The molecule has 6 rings (SSSR count). The van der Waals surface area contributed by atoms with Crippen LogP contribution in [-0.4, -0.2) is 27.0 Å². The molecule has 0 aliphatic rings. The van der Waals surface area contributed by atoms with Crippen LogP contribution < -0.4 is 0 Å². The van der Waals surface area contributed by atoms with Crippen molar-refractivity contribution >= 4 is 44.0 Å². The minimum Gasteiger partial charge on any atom is -0.385 e. The maximum atomic E-state index is 14.1. The molecule has 2 unspecified atom stereocenters. The molecule has 0 radical (unpaired) electrons. The first-order valence-electron chi connectivity index (χ1n) is 17.9. The van der Waals surface area contributed by atoms with Crippen LogP contribution in [0.4, 0.5) is 13.2 Å². The van der Waals surface area contributed by atoms with Gasteiger partial charge in [0.1, 0.15) is 17.5 Å². The lowest BCUT2D eigenvalue weighted by Gasteiger charge is -2.32. The van der Waals surface area contributed by atoms with Crippen molar-refractivity contribution in [1.82, 2.24) is 0 Å². The molecule has 0 bridgehead atoms. The second-order valence-electron chi connectivity index (χ2n) is 14.1. The van der Waals surface area contributed by atoms with Crippen molar-refractivity contribution in [1.29, 1.82) is 0 Å². The number of hydrogen-bond acceptors (Lipinski definition) is 6. The molecule has 2 N–H and O–H groups in total. The van der Waals surface area contributed by atoms with Gasteiger partial charge in [-0.3, -0.25) is 0 Å². The molecule has 0 saturated carbocycles. The standard InChI is InChI=1S/C46H39F3O6S2/c1-45(50,40-7-3-5-9-43(40)56(52,53)38-25-16-33(17-26-38)12-11-32-14-22-36(47)23-15-32)29-30-46(2,51)41-8-4-6-10-44(41)57(54,55)39-27-18-34(19-28-39)13-20-35-21-24-37(48)31-42(35)49/h3-28,31,50-51H,29-30H2,1-2H3. The van der Waals surface area contributed by atoms with Crippen LogP contribution in [0.15, 0.2) is 159 Å². The van der Waals surface area contributed by atoms with Gasteiger partial charge in [-0.1, -0.05) is 97.1 Å². The SMILES string of the molecule is CC(O)(CCC(C)(O)c1ccccc1S(=O)(=O)c1ccc(C=Cc2ccc(F)cc2F)cc1)c1ccccc1S(=O)(=O)c1ccc(C=Cc2ccc(F)cc2)cc1. The highest BCUT2D eigenvalue weighted by molar-refractivity contribution is 7.91. The van der Waals surface area contributed by atoms with E-state index in [1.807, 2.05) is 0 Å². The highest BCUT2D eigenvalue weighted by Crippen LogP contribution is 2.40. The van der Waals surface area contributed by atoms with Gasteiger partial charge >= 0.3 is 0 Å². The Labute approximate surface area is 330 Å². The van der Waals surface area contributed by atoms with Gasteiger partial charge in [0, 0.05) is 22.8 Å². The van der Waals surface area contributed by atoms with E-state index in [0.29, 0.717) is 11.1 Å². The number of aliphatic hydroxyl groups is 2. The minimum atomic E-state index is -4.18. The van der Waals surface area contributed by atoms with E-state index in [4.69, 9.17) is 0 Å². The van der Waals surface area contributed by atoms with Crippen LogP contribution in [0.2, 0.25) is 0 Å². The summed E-state index contributed by atoms with van der Waals surface area (Å²) in [6.45, 7) is 2.89. The second-order valence-corrected chi connectivity index (χ2v) is 17.9. The van der Waals surface area contributed by atoms with Crippen LogP contribution in [0.3, 0.4) is 0 Å². The fourth-order valence-electron chi connectivity index (χ4n) is 6.41. The molecule has 0 aliphatic heterocycles. The van der Waals surface area contributed by atoms with E-state index in [2.05, 4.69) is 0 Å². The predicted molar refractivity (Wildman–Crippen MR) is 216 cm³/mol. The molecule has 292 valence electrons. The first kappa shape index (κ1) is 41.1. The van der Waals surface area contributed by atoms with Gasteiger partial charge < -0.3 is 10.2 Å². The number of benzene rings is 6. The lowest BCUT2D eigenvalue weighted by atomic mass is 9.83. The molecule has 11 heteroatoms. The van der Waals surface area contributed by atoms with Crippen molar-refractivity contribution in [2.24, 2.45) is 0 Å². The van der Waals surface area contributed by atoms with Crippen molar-refractivity contribution in [2.45, 2.75) is 57.5 Å². The molecule has 6 nitrogen and oxygen atoms in total. The van der Waals surface area contributed by atoms with Crippen molar-refractivity contribution < 1.29 is 40.2 Å². The molecule has 0 spiro atoms. The average Bonchev–Trinajstić information content (AvgIpc) is 3.20. The van der Waals surface area contributed by atoms with E-state index in [9.17, 15) is 40.2 Å². The van der Waals surface area contributed by atoms with E-state index in [-0.39, 0.29) is 54.9 Å². The number of sulfone groups is 2. The van der Waals surface area contributed by atoms with E-state index < -0.39 is 42.5 Å². The van der Waals surface area contributed by atoms with Crippen molar-refractivity contribution in [2.75, 3.05) is 0 Å². The van der Waals surface area contributed by atoms with E-state index in [0.717, 1.165) is 17.7 Å². The Bertz CT molecular complexity index is 2670. The quantitative estimate of drug-likeness (QED) is 0.113. The van der Waals surface area contributed by atoms with Crippen molar-refractivity contribution in [3.05, 3.63) is 190 Å². The minimum absolute atomic E-state index is 0.00152. The Morgan fingerprint density at radius 3 is 1.28 bits per heavy atom. The summed E-state index contributed by atoms with van der Waals surface area (Å²) in [5.74, 6) is -1.78. The Hall–Kier alpha value is -5.59. The summed E-state index contributed by atoms with van der Waals surface area (Å²) < 4.78 is 96.5. The van der Waals surface area contributed by atoms with Crippen LogP contribution >= 0.6 is 0 Å². The Morgan fingerprint density at radius 2 is 0.860 bits per heavy atom. The van der Waals surface area contributed by atoms with Crippen molar-refractivity contribution in [3.63, 3.8) is 0 Å². The lowest BCUT2D eigenvalue weighted by Crippen LogP contribution is -2.30. The van der Waals surface area contributed by atoms with E-state index in [1.54, 1.807) is 60.7 Å². The van der Waals surface area contributed by atoms with Crippen LogP contribution in [0.1, 0.15) is 60.1 Å². The monoisotopic (exact) mass is 808 g/mol. The Morgan fingerprint density at radius 1 is 0.491 bits per heavy atom. The van der Waals surface area contributed by atoms with E-state index >= 15 is 0 Å². The average molecular weight is 809 g/mol. The normalized spacial score (nSPS) is 14.4. The lowest BCUT2D eigenvalue weighted by molar-refractivity contribution is -0.0104. The van der Waals surface area contributed by atoms with Gasteiger partial charge in [-0.25, -0.2) is 30.0 Å². The molecular weight excluding hydrogens is 770 g/mol. The molecule has 0 heterocycles. The first-order valence-corrected chi connectivity index (χ1v) is 20.8. The molecule has 2 atom stereocenters. The maximum Gasteiger partial charge on any atom is 0.206 e. The van der Waals surface area contributed by atoms with Gasteiger partial charge in [-0.2, -0.15) is 0 Å². The zero-order chi connectivity index (χ0) is 41.0. The van der Waals surface area contributed by atoms with Gasteiger partial charge in [-0.05, 0) is 104 Å². The van der Waals surface area contributed by atoms with Crippen LogP contribution in [-0.2, 0) is 30.9 Å². The van der Waals surface area contributed by atoms with Gasteiger partial charge in [0.05, 0.1) is 30.8 Å². The predicted octanol–water partition coefficient (Wildman–Crippen LogP) is 10.0. The number of rotatable bonds is 13. The Balaban J connectivity index is 1.20. The summed E-state index contributed by atoms with van der Waals surface area (Å²) in [5, 5.41) is 23.7. The molecule has 0 amide bonds. The third-order valence-corrected chi connectivity index (χ3v) is 13.4. The highest BCUT2D eigenvalue weighted by Gasteiger charge is 2.37. The molecule has 6 aromatic rings. The maximum absolute atomic E-state index is 14.1. The number of halogens is 3. The third kappa shape index (κ3) is 9.35.